The number of hydrogen-bond donors (Lipinski definition) is 1. The third-order valence-electron chi connectivity index (χ3n) is 2.26. The van der Waals surface area contributed by atoms with Gasteiger partial charge in [-0.1, -0.05) is 11.8 Å². The second-order valence-corrected chi connectivity index (χ2v) is 3.44. The van der Waals surface area contributed by atoms with Crippen LogP contribution in [0.5, 0.6) is 5.75 Å². The first kappa shape index (κ1) is 11.0. The van der Waals surface area contributed by atoms with Crippen LogP contribution in [0.1, 0.15) is 11.1 Å². The Hall–Kier alpha value is -2.47. The second-order valence-electron chi connectivity index (χ2n) is 3.44. The molecule has 0 amide bonds. The smallest absolute Gasteiger partial charge is 0.121 e. The number of ether oxygens (including phenoxy) is 1. The minimum absolute atomic E-state index is 0.612. The topological polar surface area (TPSA) is 48.1 Å². The van der Waals surface area contributed by atoms with E-state index >= 15 is 0 Å². The molecule has 0 aliphatic rings. The van der Waals surface area contributed by atoms with E-state index in [1.807, 2.05) is 24.3 Å². The van der Waals surface area contributed by atoms with Crippen molar-refractivity contribution in [3.8, 4) is 17.6 Å². The van der Waals surface area contributed by atoms with Gasteiger partial charge in [-0.25, -0.2) is 0 Å². The van der Waals surface area contributed by atoms with Crippen LogP contribution in [0.2, 0.25) is 0 Å². The van der Waals surface area contributed by atoms with Gasteiger partial charge in [-0.15, -0.1) is 0 Å². The van der Waals surface area contributed by atoms with E-state index < -0.39 is 0 Å². The predicted octanol–water partition coefficient (Wildman–Crippen LogP) is 2.07. The zero-order chi connectivity index (χ0) is 12.1. The van der Waals surface area contributed by atoms with Gasteiger partial charge in [-0.2, -0.15) is 0 Å². The molecule has 0 atom stereocenters. The van der Waals surface area contributed by atoms with Gasteiger partial charge < -0.3 is 10.5 Å². The van der Waals surface area contributed by atoms with Gasteiger partial charge in [-0.05, 0) is 24.3 Å². The number of benzene rings is 1. The molecule has 0 fully saturated rings. The maximum absolute atomic E-state index is 5.86. The summed E-state index contributed by atoms with van der Waals surface area (Å²) >= 11 is 0. The van der Waals surface area contributed by atoms with Crippen molar-refractivity contribution in [2.45, 2.75) is 0 Å². The van der Waals surface area contributed by atoms with Crippen LogP contribution >= 0.6 is 0 Å². The Labute approximate surface area is 100 Å². The minimum atomic E-state index is 0.612. The molecular weight excluding hydrogens is 212 g/mol. The Morgan fingerprint density at radius 2 is 2.12 bits per heavy atom. The largest absolute Gasteiger partial charge is 0.497 e. The molecule has 0 unspecified atom stereocenters. The number of pyridine rings is 1. The Morgan fingerprint density at radius 3 is 2.76 bits per heavy atom. The molecule has 3 nitrogen and oxygen atoms in total. The molecule has 2 rings (SSSR count). The predicted molar refractivity (Wildman–Crippen MR) is 67.6 cm³/mol. The van der Waals surface area contributed by atoms with Gasteiger partial charge >= 0.3 is 0 Å². The molecule has 1 aromatic carbocycles. The minimum Gasteiger partial charge on any atom is -0.497 e. The summed E-state index contributed by atoms with van der Waals surface area (Å²) in [4.78, 5) is 3.99. The van der Waals surface area contributed by atoms with Crippen LogP contribution in [0.3, 0.4) is 0 Å². The molecule has 3 heteroatoms. The molecular formula is C14H12N2O. The van der Waals surface area contributed by atoms with Crippen molar-refractivity contribution in [2.75, 3.05) is 12.8 Å². The lowest BCUT2D eigenvalue weighted by Crippen LogP contribution is -1.92. The van der Waals surface area contributed by atoms with Crippen LogP contribution in [0.25, 0.3) is 0 Å². The van der Waals surface area contributed by atoms with Gasteiger partial charge in [0, 0.05) is 29.6 Å². The summed E-state index contributed by atoms with van der Waals surface area (Å²) in [6, 6.07) is 9.19. The number of methoxy groups -OCH3 is 1. The number of aromatic nitrogens is 1. The number of nitrogens with zero attached hydrogens (tertiary/aromatic N) is 1. The Balaban J connectivity index is 2.28. The molecule has 0 radical (unpaired) electrons. The molecule has 2 aromatic rings. The van der Waals surface area contributed by atoms with E-state index in [1.165, 1.54) is 0 Å². The number of nitrogen functional groups attached to an aromatic ring is 1. The molecule has 0 bridgehead atoms. The molecule has 84 valence electrons. The average Bonchev–Trinajstić information content (AvgIpc) is 2.38. The third-order valence-corrected chi connectivity index (χ3v) is 2.26. The van der Waals surface area contributed by atoms with Crippen molar-refractivity contribution in [2.24, 2.45) is 0 Å². The molecule has 0 aliphatic carbocycles. The molecule has 0 spiro atoms. The van der Waals surface area contributed by atoms with Crippen molar-refractivity contribution < 1.29 is 4.74 Å². The standard InChI is InChI=1S/C14H12N2O/c1-17-13-7-6-12(14(15)9-13)5-4-11-3-2-8-16-10-11/h2-3,6-10H,15H2,1H3. The molecule has 1 heterocycles. The summed E-state index contributed by atoms with van der Waals surface area (Å²) in [7, 11) is 1.61. The van der Waals surface area contributed by atoms with Crippen LogP contribution in [0, 0.1) is 11.8 Å². The maximum Gasteiger partial charge on any atom is 0.121 e. The number of nitrogens with two attached hydrogens (primary N) is 1. The zero-order valence-electron chi connectivity index (χ0n) is 9.47. The Morgan fingerprint density at radius 1 is 1.24 bits per heavy atom. The Bertz CT molecular complexity index is 568. The maximum atomic E-state index is 5.86. The van der Waals surface area contributed by atoms with E-state index in [0.29, 0.717) is 5.69 Å². The molecule has 1 aromatic heterocycles. The van der Waals surface area contributed by atoms with Crippen LogP contribution in [0.4, 0.5) is 5.69 Å². The SMILES string of the molecule is COc1ccc(C#Cc2cccnc2)c(N)c1. The van der Waals surface area contributed by atoms with Crippen molar-refractivity contribution in [3.63, 3.8) is 0 Å². The quantitative estimate of drug-likeness (QED) is 0.596. The first-order valence-electron chi connectivity index (χ1n) is 5.15. The Kier molecular flexibility index (Phi) is 3.27. The van der Waals surface area contributed by atoms with Crippen molar-refractivity contribution in [1.29, 1.82) is 0 Å². The highest BCUT2D eigenvalue weighted by molar-refractivity contribution is 5.59. The van der Waals surface area contributed by atoms with Gasteiger partial charge in [0.05, 0.1) is 12.8 Å². The fraction of sp³-hybridized carbons (Fsp3) is 0.0714. The van der Waals surface area contributed by atoms with Crippen LogP contribution in [-0.2, 0) is 0 Å². The van der Waals surface area contributed by atoms with E-state index in [-0.39, 0.29) is 0 Å². The average molecular weight is 224 g/mol. The highest BCUT2D eigenvalue weighted by atomic mass is 16.5. The number of anilines is 1. The van der Waals surface area contributed by atoms with Crippen molar-refractivity contribution in [1.82, 2.24) is 4.98 Å². The molecule has 0 saturated carbocycles. The molecule has 0 saturated heterocycles. The first-order valence-corrected chi connectivity index (χ1v) is 5.15. The lowest BCUT2D eigenvalue weighted by molar-refractivity contribution is 0.415. The van der Waals surface area contributed by atoms with Crippen LogP contribution in [-0.4, -0.2) is 12.1 Å². The fourth-order valence-corrected chi connectivity index (χ4v) is 1.36. The first-order chi connectivity index (χ1) is 8.29. The molecule has 0 aliphatic heterocycles. The van der Waals surface area contributed by atoms with Gasteiger partial charge in [0.2, 0.25) is 0 Å². The monoisotopic (exact) mass is 224 g/mol. The molecule has 2 N–H and O–H groups in total. The van der Waals surface area contributed by atoms with Crippen molar-refractivity contribution in [3.05, 3.63) is 53.9 Å². The normalized spacial score (nSPS) is 9.24. The summed E-state index contributed by atoms with van der Waals surface area (Å²) in [5.41, 5.74) is 8.13. The fourth-order valence-electron chi connectivity index (χ4n) is 1.36. The molecule has 17 heavy (non-hydrogen) atoms. The summed E-state index contributed by atoms with van der Waals surface area (Å²) in [6.07, 6.45) is 3.43. The van der Waals surface area contributed by atoms with E-state index in [2.05, 4.69) is 16.8 Å². The number of hydrogen-bond acceptors (Lipinski definition) is 3. The van der Waals surface area contributed by atoms with Crippen LogP contribution in [0.15, 0.2) is 42.7 Å². The van der Waals surface area contributed by atoms with E-state index in [9.17, 15) is 0 Å². The van der Waals surface area contributed by atoms with E-state index in [1.54, 1.807) is 25.6 Å². The van der Waals surface area contributed by atoms with E-state index in [0.717, 1.165) is 16.9 Å². The highest BCUT2D eigenvalue weighted by Gasteiger charge is 1.97. The lowest BCUT2D eigenvalue weighted by Gasteiger charge is -2.02. The van der Waals surface area contributed by atoms with Crippen molar-refractivity contribution >= 4 is 5.69 Å². The van der Waals surface area contributed by atoms with Gasteiger partial charge in [0.25, 0.3) is 0 Å². The summed E-state index contributed by atoms with van der Waals surface area (Å²) in [5, 5.41) is 0. The lowest BCUT2D eigenvalue weighted by atomic mass is 10.1. The zero-order valence-corrected chi connectivity index (χ0v) is 9.47. The van der Waals surface area contributed by atoms with Gasteiger partial charge in [0.15, 0.2) is 0 Å². The second kappa shape index (κ2) is 5.04. The van der Waals surface area contributed by atoms with Crippen LogP contribution < -0.4 is 10.5 Å². The third kappa shape index (κ3) is 2.76. The summed E-state index contributed by atoms with van der Waals surface area (Å²) in [6.45, 7) is 0. The summed E-state index contributed by atoms with van der Waals surface area (Å²) in [5.74, 6) is 6.75. The summed E-state index contributed by atoms with van der Waals surface area (Å²) < 4.78 is 5.07. The van der Waals surface area contributed by atoms with E-state index in [4.69, 9.17) is 10.5 Å². The number of rotatable bonds is 1. The van der Waals surface area contributed by atoms with Gasteiger partial charge in [0.1, 0.15) is 5.75 Å². The highest BCUT2D eigenvalue weighted by Crippen LogP contribution is 2.18. The van der Waals surface area contributed by atoms with Gasteiger partial charge in [-0.3, -0.25) is 4.98 Å².